The normalized spacial score (nSPS) is 11.4. The zero-order chi connectivity index (χ0) is 14.4. The number of hydrogen-bond acceptors (Lipinski definition) is 3. The number of carboxylic acids is 1. The van der Waals surface area contributed by atoms with Gasteiger partial charge in [-0.2, -0.15) is 0 Å². The highest BCUT2D eigenvalue weighted by Gasteiger charge is 2.21. The van der Waals surface area contributed by atoms with Crippen molar-refractivity contribution < 1.29 is 23.9 Å². The number of anilines is 1. The van der Waals surface area contributed by atoms with Gasteiger partial charge in [-0.15, -0.1) is 0 Å². The molecule has 0 bridgehead atoms. The van der Waals surface area contributed by atoms with Gasteiger partial charge in [0.05, 0.1) is 6.42 Å². The van der Waals surface area contributed by atoms with Crippen LogP contribution in [0.15, 0.2) is 24.3 Å². The molecule has 1 aromatic carbocycles. The van der Waals surface area contributed by atoms with Crippen LogP contribution >= 0.6 is 0 Å². The highest BCUT2D eigenvalue weighted by molar-refractivity contribution is 5.93. The van der Waals surface area contributed by atoms with Gasteiger partial charge in [-0.3, -0.25) is 4.79 Å². The summed E-state index contributed by atoms with van der Waals surface area (Å²) in [5.41, 5.74) is 5.14. The molecular formula is C11H12FN3O4. The van der Waals surface area contributed by atoms with Gasteiger partial charge < -0.3 is 21.5 Å². The fourth-order valence-electron chi connectivity index (χ4n) is 1.26. The molecule has 0 saturated heterocycles. The molecule has 0 aliphatic rings. The molecule has 0 radical (unpaired) electrons. The van der Waals surface area contributed by atoms with E-state index >= 15 is 0 Å². The van der Waals surface area contributed by atoms with Gasteiger partial charge in [0.1, 0.15) is 11.9 Å². The number of rotatable bonds is 5. The second-order valence-corrected chi connectivity index (χ2v) is 3.67. The Morgan fingerprint density at radius 1 is 1.26 bits per heavy atom. The smallest absolute Gasteiger partial charge is 0.326 e. The summed E-state index contributed by atoms with van der Waals surface area (Å²) < 4.78 is 12.6. The number of benzene rings is 1. The van der Waals surface area contributed by atoms with Gasteiger partial charge in [-0.1, -0.05) is 0 Å². The predicted octanol–water partition coefficient (Wildman–Crippen LogP) is 0.276. The first-order chi connectivity index (χ1) is 8.88. The lowest BCUT2D eigenvalue weighted by Crippen LogP contribution is -2.45. The summed E-state index contributed by atoms with van der Waals surface area (Å²) in [5, 5.41) is 13.1. The minimum Gasteiger partial charge on any atom is -0.480 e. The molecule has 0 heterocycles. The Bertz CT molecular complexity index is 489. The summed E-state index contributed by atoms with van der Waals surface area (Å²) in [7, 11) is 0. The summed E-state index contributed by atoms with van der Waals surface area (Å²) >= 11 is 0. The van der Waals surface area contributed by atoms with E-state index in [1.807, 2.05) is 0 Å². The van der Waals surface area contributed by atoms with Crippen molar-refractivity contribution in [2.24, 2.45) is 5.73 Å². The molecule has 0 aliphatic heterocycles. The summed E-state index contributed by atoms with van der Waals surface area (Å²) in [4.78, 5) is 32.9. The molecule has 1 atom stereocenters. The van der Waals surface area contributed by atoms with Crippen molar-refractivity contribution in [2.75, 3.05) is 5.32 Å². The third-order valence-corrected chi connectivity index (χ3v) is 2.11. The Labute approximate surface area is 107 Å². The van der Waals surface area contributed by atoms with E-state index in [9.17, 15) is 18.8 Å². The van der Waals surface area contributed by atoms with Crippen LogP contribution in [0.2, 0.25) is 0 Å². The Morgan fingerprint density at radius 3 is 2.32 bits per heavy atom. The van der Waals surface area contributed by atoms with Crippen LogP contribution < -0.4 is 16.4 Å². The molecule has 3 amide bonds. The van der Waals surface area contributed by atoms with Crippen molar-refractivity contribution >= 4 is 23.6 Å². The summed E-state index contributed by atoms with van der Waals surface area (Å²) in [6, 6.07) is 2.62. The molecule has 102 valence electrons. The van der Waals surface area contributed by atoms with Crippen LogP contribution in [0.1, 0.15) is 6.42 Å². The highest BCUT2D eigenvalue weighted by atomic mass is 19.1. The van der Waals surface area contributed by atoms with Crippen LogP contribution in [0.25, 0.3) is 0 Å². The van der Waals surface area contributed by atoms with E-state index in [1.54, 1.807) is 0 Å². The number of primary amides is 1. The van der Waals surface area contributed by atoms with E-state index in [2.05, 4.69) is 10.6 Å². The van der Waals surface area contributed by atoms with Gasteiger partial charge in [0.25, 0.3) is 0 Å². The van der Waals surface area contributed by atoms with E-state index < -0.39 is 36.2 Å². The van der Waals surface area contributed by atoms with Gasteiger partial charge in [-0.05, 0) is 24.3 Å². The van der Waals surface area contributed by atoms with E-state index in [-0.39, 0.29) is 5.69 Å². The number of nitrogens with one attached hydrogen (secondary N) is 2. The quantitative estimate of drug-likeness (QED) is 0.613. The molecule has 1 unspecified atom stereocenters. The Balaban J connectivity index is 2.59. The molecule has 7 nitrogen and oxygen atoms in total. The molecule has 19 heavy (non-hydrogen) atoms. The Kier molecular flexibility index (Phi) is 4.81. The van der Waals surface area contributed by atoms with Gasteiger partial charge in [0, 0.05) is 5.69 Å². The van der Waals surface area contributed by atoms with E-state index in [1.165, 1.54) is 12.1 Å². The van der Waals surface area contributed by atoms with Crippen molar-refractivity contribution in [3.8, 4) is 0 Å². The molecular weight excluding hydrogens is 257 g/mol. The lowest BCUT2D eigenvalue weighted by atomic mass is 10.2. The molecule has 1 aromatic rings. The zero-order valence-electron chi connectivity index (χ0n) is 9.72. The molecule has 0 spiro atoms. The largest absolute Gasteiger partial charge is 0.480 e. The van der Waals surface area contributed by atoms with Crippen LogP contribution in [-0.4, -0.2) is 29.1 Å². The maximum atomic E-state index is 12.6. The summed E-state index contributed by atoms with van der Waals surface area (Å²) in [6.07, 6.45) is -0.522. The Hall–Kier alpha value is -2.64. The molecule has 0 fully saturated rings. The average molecular weight is 269 g/mol. The van der Waals surface area contributed by atoms with Gasteiger partial charge in [0.15, 0.2) is 0 Å². The Morgan fingerprint density at radius 2 is 1.84 bits per heavy atom. The van der Waals surface area contributed by atoms with Crippen molar-refractivity contribution in [3.63, 3.8) is 0 Å². The number of carbonyl (C=O) groups excluding carboxylic acids is 2. The van der Waals surface area contributed by atoms with E-state index in [0.717, 1.165) is 12.1 Å². The lowest BCUT2D eigenvalue weighted by Gasteiger charge is -2.13. The molecule has 0 saturated carbocycles. The van der Waals surface area contributed by atoms with Crippen LogP contribution in [0, 0.1) is 5.82 Å². The second kappa shape index (κ2) is 6.34. The highest BCUT2D eigenvalue weighted by Crippen LogP contribution is 2.08. The first kappa shape index (κ1) is 14.4. The SMILES string of the molecule is NC(=O)CC(NC(=O)Nc1ccc(F)cc1)C(=O)O. The van der Waals surface area contributed by atoms with Gasteiger partial charge in [-0.25, -0.2) is 14.0 Å². The minimum absolute atomic E-state index is 0.280. The third-order valence-electron chi connectivity index (χ3n) is 2.11. The first-order valence-electron chi connectivity index (χ1n) is 5.22. The predicted molar refractivity (Wildman–Crippen MR) is 63.8 cm³/mol. The first-order valence-corrected chi connectivity index (χ1v) is 5.22. The second-order valence-electron chi connectivity index (χ2n) is 3.67. The molecule has 0 aliphatic carbocycles. The third kappa shape index (κ3) is 5.02. The topological polar surface area (TPSA) is 122 Å². The summed E-state index contributed by atoms with van der Waals surface area (Å²) in [6.45, 7) is 0. The molecule has 1 rings (SSSR count). The zero-order valence-corrected chi connectivity index (χ0v) is 9.72. The lowest BCUT2D eigenvalue weighted by molar-refractivity contribution is -0.140. The number of nitrogens with two attached hydrogens (primary N) is 1. The fourth-order valence-corrected chi connectivity index (χ4v) is 1.26. The van der Waals surface area contributed by atoms with Crippen molar-refractivity contribution in [2.45, 2.75) is 12.5 Å². The number of urea groups is 1. The van der Waals surface area contributed by atoms with Crippen molar-refractivity contribution in [3.05, 3.63) is 30.1 Å². The standard InChI is InChI=1S/C11H12FN3O4/c12-6-1-3-7(4-2-6)14-11(19)15-8(10(17)18)5-9(13)16/h1-4,8H,5H2,(H2,13,16)(H,17,18)(H2,14,15,19). The minimum atomic E-state index is -1.42. The maximum absolute atomic E-state index is 12.6. The molecule has 8 heteroatoms. The molecule has 5 N–H and O–H groups in total. The number of aliphatic carboxylic acids is 1. The average Bonchev–Trinajstić information content (AvgIpc) is 2.30. The number of carboxylic acid groups (broad SMARTS) is 1. The van der Waals surface area contributed by atoms with Crippen molar-refractivity contribution in [1.82, 2.24) is 5.32 Å². The summed E-state index contributed by atoms with van der Waals surface area (Å²) in [5.74, 6) is -2.70. The maximum Gasteiger partial charge on any atom is 0.326 e. The number of amides is 3. The number of halogens is 1. The van der Waals surface area contributed by atoms with Crippen LogP contribution in [-0.2, 0) is 9.59 Å². The van der Waals surface area contributed by atoms with Crippen LogP contribution in [0.4, 0.5) is 14.9 Å². The van der Waals surface area contributed by atoms with Crippen molar-refractivity contribution in [1.29, 1.82) is 0 Å². The monoisotopic (exact) mass is 269 g/mol. The number of hydrogen-bond donors (Lipinski definition) is 4. The molecule has 0 aromatic heterocycles. The van der Waals surface area contributed by atoms with Crippen LogP contribution in [0.5, 0.6) is 0 Å². The van der Waals surface area contributed by atoms with Gasteiger partial charge >= 0.3 is 12.0 Å². The van der Waals surface area contributed by atoms with Gasteiger partial charge in [0.2, 0.25) is 5.91 Å². The van der Waals surface area contributed by atoms with E-state index in [0.29, 0.717) is 0 Å². The van der Waals surface area contributed by atoms with Crippen LogP contribution in [0.3, 0.4) is 0 Å². The number of carbonyl (C=O) groups is 3. The van der Waals surface area contributed by atoms with E-state index in [4.69, 9.17) is 10.8 Å². The fraction of sp³-hybridized carbons (Fsp3) is 0.182.